The van der Waals surface area contributed by atoms with Crippen LogP contribution in [-0.2, 0) is 4.74 Å². The fourth-order valence-electron chi connectivity index (χ4n) is 1.34. The Kier molecular flexibility index (Phi) is 3.82. The summed E-state index contributed by atoms with van der Waals surface area (Å²) in [5.74, 6) is -0.443. The maximum atomic E-state index is 11.4. The zero-order valence-corrected chi connectivity index (χ0v) is 8.81. The molecule has 0 aliphatic carbocycles. The molecule has 82 valence electrons. The average molecular weight is 209 g/mol. The highest BCUT2D eigenvalue weighted by molar-refractivity contribution is 5.91. The van der Waals surface area contributed by atoms with Crippen LogP contribution in [0.25, 0.3) is 0 Å². The Morgan fingerprint density at radius 1 is 1.47 bits per heavy atom. The van der Waals surface area contributed by atoms with Gasteiger partial charge in [-0.05, 0) is 18.6 Å². The Morgan fingerprint density at radius 3 is 2.60 bits per heavy atom. The lowest BCUT2D eigenvalue weighted by Crippen LogP contribution is -2.25. The first kappa shape index (κ1) is 11.7. The van der Waals surface area contributed by atoms with Gasteiger partial charge < -0.3 is 15.6 Å². The molecule has 0 bridgehead atoms. The lowest BCUT2D eigenvalue weighted by molar-refractivity contribution is 0.0597. The fraction of sp³-hybridized carbons (Fsp3) is 0.364. The number of aliphatic hydroxyl groups excluding tert-OH is 1. The van der Waals surface area contributed by atoms with Crippen molar-refractivity contribution in [1.29, 1.82) is 0 Å². The van der Waals surface area contributed by atoms with E-state index < -0.39 is 18.1 Å². The van der Waals surface area contributed by atoms with Crippen molar-refractivity contribution < 1.29 is 14.6 Å². The lowest BCUT2D eigenvalue weighted by Gasteiger charge is -2.17. The molecule has 0 aliphatic heterocycles. The van der Waals surface area contributed by atoms with E-state index in [1.165, 1.54) is 7.11 Å². The molecular formula is C11H15NO3. The van der Waals surface area contributed by atoms with Crippen LogP contribution in [0.15, 0.2) is 24.3 Å². The number of hydrogen-bond donors (Lipinski definition) is 2. The molecule has 15 heavy (non-hydrogen) atoms. The van der Waals surface area contributed by atoms with E-state index in [0.717, 1.165) is 0 Å². The number of nitrogens with two attached hydrogens (primary N) is 1. The molecule has 2 atom stereocenters. The molecule has 4 nitrogen and oxygen atoms in total. The van der Waals surface area contributed by atoms with Crippen molar-refractivity contribution in [3.8, 4) is 0 Å². The number of methoxy groups -OCH3 is 1. The topological polar surface area (TPSA) is 72.5 Å². The normalized spacial score (nSPS) is 14.4. The predicted octanol–water partition coefficient (Wildman–Crippen LogP) is 0.854. The summed E-state index contributed by atoms with van der Waals surface area (Å²) in [7, 11) is 1.31. The zero-order valence-electron chi connectivity index (χ0n) is 8.81. The maximum absolute atomic E-state index is 11.4. The molecule has 0 aromatic heterocycles. The Bertz CT molecular complexity index is 349. The van der Waals surface area contributed by atoms with Crippen molar-refractivity contribution in [2.45, 2.75) is 19.1 Å². The number of ether oxygens (including phenoxy) is 1. The highest BCUT2D eigenvalue weighted by atomic mass is 16.5. The van der Waals surface area contributed by atoms with E-state index in [-0.39, 0.29) is 0 Å². The number of aliphatic hydroxyl groups is 1. The number of benzene rings is 1. The molecule has 0 radical (unpaired) electrons. The molecular weight excluding hydrogens is 194 g/mol. The highest BCUT2D eigenvalue weighted by Gasteiger charge is 2.19. The second-order valence-electron chi connectivity index (χ2n) is 3.35. The largest absolute Gasteiger partial charge is 0.465 e. The molecule has 0 saturated carbocycles. The molecule has 0 saturated heterocycles. The van der Waals surface area contributed by atoms with Gasteiger partial charge in [0.1, 0.15) is 0 Å². The smallest absolute Gasteiger partial charge is 0.338 e. The van der Waals surface area contributed by atoms with E-state index in [1.807, 2.05) is 0 Å². The molecule has 0 spiro atoms. The summed E-state index contributed by atoms with van der Waals surface area (Å²) in [6.07, 6.45) is -0.712. The van der Waals surface area contributed by atoms with Gasteiger partial charge in [-0.3, -0.25) is 0 Å². The standard InChI is InChI=1S/C11H15NO3/c1-7(13)10(12)8-5-3-4-6-9(8)11(14)15-2/h3-7,10,13H,12H2,1-2H3/t7-,10-/m1/s1. The van der Waals surface area contributed by atoms with Gasteiger partial charge in [0.25, 0.3) is 0 Å². The summed E-state index contributed by atoms with van der Waals surface area (Å²) < 4.78 is 4.63. The minimum Gasteiger partial charge on any atom is -0.465 e. The summed E-state index contributed by atoms with van der Waals surface area (Å²) in [6, 6.07) is 6.25. The second-order valence-corrected chi connectivity index (χ2v) is 3.35. The number of hydrogen-bond acceptors (Lipinski definition) is 4. The number of carbonyl (C=O) groups is 1. The number of esters is 1. The molecule has 0 heterocycles. The molecule has 0 aliphatic rings. The highest BCUT2D eigenvalue weighted by Crippen LogP contribution is 2.19. The first-order valence-corrected chi connectivity index (χ1v) is 4.68. The van der Waals surface area contributed by atoms with Crippen LogP contribution in [0.5, 0.6) is 0 Å². The molecule has 0 unspecified atom stereocenters. The molecule has 1 aromatic carbocycles. The minimum atomic E-state index is -0.712. The van der Waals surface area contributed by atoms with Crippen molar-refractivity contribution in [2.75, 3.05) is 7.11 Å². The van der Waals surface area contributed by atoms with E-state index in [4.69, 9.17) is 5.73 Å². The Balaban J connectivity index is 3.11. The van der Waals surface area contributed by atoms with Gasteiger partial charge in [0.2, 0.25) is 0 Å². The Morgan fingerprint density at radius 2 is 2.07 bits per heavy atom. The molecule has 0 fully saturated rings. The Hall–Kier alpha value is -1.39. The average Bonchev–Trinajstić information content (AvgIpc) is 2.27. The van der Waals surface area contributed by atoms with Crippen LogP contribution in [0, 0.1) is 0 Å². The third-order valence-corrected chi connectivity index (χ3v) is 2.24. The SMILES string of the molecule is COC(=O)c1ccccc1[C@H](N)[C@@H](C)O. The summed E-state index contributed by atoms with van der Waals surface area (Å²) in [6.45, 7) is 1.58. The van der Waals surface area contributed by atoms with E-state index in [2.05, 4.69) is 4.74 Å². The van der Waals surface area contributed by atoms with Crippen LogP contribution in [0.3, 0.4) is 0 Å². The number of rotatable bonds is 3. The van der Waals surface area contributed by atoms with Crippen molar-refractivity contribution in [2.24, 2.45) is 5.73 Å². The molecule has 3 N–H and O–H groups in total. The van der Waals surface area contributed by atoms with Gasteiger partial charge in [0.15, 0.2) is 0 Å². The first-order valence-electron chi connectivity index (χ1n) is 4.68. The van der Waals surface area contributed by atoms with Crippen molar-refractivity contribution >= 4 is 5.97 Å². The lowest BCUT2D eigenvalue weighted by atomic mass is 9.98. The van der Waals surface area contributed by atoms with Crippen molar-refractivity contribution in [3.05, 3.63) is 35.4 Å². The predicted molar refractivity (Wildman–Crippen MR) is 56.4 cm³/mol. The van der Waals surface area contributed by atoms with E-state index in [0.29, 0.717) is 11.1 Å². The van der Waals surface area contributed by atoms with Gasteiger partial charge in [-0.2, -0.15) is 0 Å². The van der Waals surface area contributed by atoms with Gasteiger partial charge in [-0.1, -0.05) is 18.2 Å². The van der Waals surface area contributed by atoms with E-state index in [9.17, 15) is 9.90 Å². The molecule has 1 aromatic rings. The van der Waals surface area contributed by atoms with Gasteiger partial charge >= 0.3 is 5.97 Å². The first-order chi connectivity index (χ1) is 7.07. The maximum Gasteiger partial charge on any atom is 0.338 e. The van der Waals surface area contributed by atoms with Gasteiger partial charge in [-0.25, -0.2) is 4.79 Å². The van der Waals surface area contributed by atoms with Crippen molar-refractivity contribution in [3.63, 3.8) is 0 Å². The fourth-order valence-corrected chi connectivity index (χ4v) is 1.34. The van der Waals surface area contributed by atoms with Gasteiger partial charge in [-0.15, -0.1) is 0 Å². The van der Waals surface area contributed by atoms with Crippen LogP contribution < -0.4 is 5.73 Å². The quantitative estimate of drug-likeness (QED) is 0.724. The third-order valence-electron chi connectivity index (χ3n) is 2.24. The van der Waals surface area contributed by atoms with E-state index in [1.54, 1.807) is 31.2 Å². The van der Waals surface area contributed by atoms with Crippen LogP contribution in [-0.4, -0.2) is 24.3 Å². The van der Waals surface area contributed by atoms with E-state index >= 15 is 0 Å². The molecule has 0 amide bonds. The van der Waals surface area contributed by atoms with Crippen molar-refractivity contribution in [1.82, 2.24) is 0 Å². The van der Waals surface area contributed by atoms with Crippen LogP contribution in [0.2, 0.25) is 0 Å². The molecule has 4 heteroatoms. The summed E-state index contributed by atoms with van der Waals surface area (Å²) in [5, 5.41) is 9.38. The van der Waals surface area contributed by atoms with Crippen LogP contribution in [0.1, 0.15) is 28.9 Å². The van der Waals surface area contributed by atoms with Gasteiger partial charge in [0, 0.05) is 0 Å². The monoisotopic (exact) mass is 209 g/mol. The summed E-state index contributed by atoms with van der Waals surface area (Å²) in [5.41, 5.74) is 6.77. The van der Waals surface area contributed by atoms with Crippen LogP contribution >= 0.6 is 0 Å². The third kappa shape index (κ3) is 2.55. The van der Waals surface area contributed by atoms with Gasteiger partial charge in [0.05, 0.1) is 24.8 Å². The molecule has 1 rings (SSSR count). The Labute approximate surface area is 88.7 Å². The summed E-state index contributed by atoms with van der Waals surface area (Å²) >= 11 is 0. The van der Waals surface area contributed by atoms with Crippen LogP contribution in [0.4, 0.5) is 0 Å². The minimum absolute atomic E-state index is 0.397. The number of carbonyl (C=O) groups excluding carboxylic acids is 1. The second kappa shape index (κ2) is 4.91. The summed E-state index contributed by atoms with van der Waals surface area (Å²) in [4.78, 5) is 11.4. The zero-order chi connectivity index (χ0) is 11.4.